The van der Waals surface area contributed by atoms with Crippen molar-refractivity contribution >= 4 is 11.6 Å². The number of aliphatic hydroxyl groups excluding tert-OH is 2. The number of hydrogen-bond donors (Lipinski definition) is 4. The van der Waals surface area contributed by atoms with Gasteiger partial charge in [-0.25, -0.2) is 4.39 Å². The molecule has 0 spiro atoms. The van der Waals surface area contributed by atoms with E-state index in [1.165, 1.54) is 13.0 Å². The molecule has 0 heterocycles. The summed E-state index contributed by atoms with van der Waals surface area (Å²) in [6.07, 6.45) is -2.27. The van der Waals surface area contributed by atoms with Crippen molar-refractivity contribution in [2.75, 3.05) is 12.3 Å². The zero-order chi connectivity index (χ0) is 14.6. The number of nitrogens with two attached hydrogens (primary N) is 1. The Bertz CT molecular complexity index is 465. The van der Waals surface area contributed by atoms with E-state index in [9.17, 15) is 19.4 Å². The summed E-state index contributed by atoms with van der Waals surface area (Å²) in [4.78, 5) is 10.7. The van der Waals surface area contributed by atoms with Gasteiger partial charge >= 0.3 is 0 Å². The lowest BCUT2D eigenvalue weighted by molar-refractivity contribution is -0.119. The minimum atomic E-state index is -1.29. The summed E-state index contributed by atoms with van der Waals surface area (Å²) in [6.45, 7) is 3.21. The third-order valence-electron chi connectivity index (χ3n) is 2.88. The summed E-state index contributed by atoms with van der Waals surface area (Å²) in [5, 5.41) is 22.3. The molecule has 1 rings (SSSR count). The highest BCUT2D eigenvalue weighted by atomic mass is 19.1. The van der Waals surface area contributed by atoms with Gasteiger partial charge in [0.2, 0.25) is 5.91 Å². The van der Waals surface area contributed by atoms with Crippen LogP contribution in [0.2, 0.25) is 0 Å². The number of amides is 1. The van der Waals surface area contributed by atoms with Crippen LogP contribution < -0.4 is 11.1 Å². The van der Waals surface area contributed by atoms with Gasteiger partial charge in [-0.15, -0.1) is 0 Å². The SMILES string of the molecule is CC(=O)NCCC(O)C(O)c1cc(F)cc(C)c1N. The van der Waals surface area contributed by atoms with Crippen molar-refractivity contribution in [2.45, 2.75) is 32.5 Å². The normalized spacial score (nSPS) is 13.9. The zero-order valence-corrected chi connectivity index (χ0v) is 11.0. The van der Waals surface area contributed by atoms with E-state index in [1.807, 2.05) is 0 Å². The Morgan fingerprint density at radius 2 is 2.11 bits per heavy atom. The first-order valence-corrected chi connectivity index (χ1v) is 5.99. The van der Waals surface area contributed by atoms with Crippen molar-refractivity contribution in [3.8, 4) is 0 Å². The second-order valence-corrected chi connectivity index (χ2v) is 4.51. The Kier molecular flexibility index (Phi) is 5.26. The molecule has 0 aliphatic carbocycles. The van der Waals surface area contributed by atoms with Gasteiger partial charge in [-0.3, -0.25) is 4.79 Å². The van der Waals surface area contributed by atoms with Crippen molar-refractivity contribution < 1.29 is 19.4 Å². The first-order chi connectivity index (χ1) is 8.82. The van der Waals surface area contributed by atoms with Gasteiger partial charge in [0.15, 0.2) is 0 Å². The summed E-state index contributed by atoms with van der Waals surface area (Å²) >= 11 is 0. The first-order valence-electron chi connectivity index (χ1n) is 5.99. The predicted molar refractivity (Wildman–Crippen MR) is 69.8 cm³/mol. The van der Waals surface area contributed by atoms with Gasteiger partial charge in [-0.2, -0.15) is 0 Å². The highest BCUT2D eigenvalue weighted by molar-refractivity contribution is 5.72. The number of carbonyl (C=O) groups is 1. The molecule has 0 aliphatic rings. The number of anilines is 1. The highest BCUT2D eigenvalue weighted by Crippen LogP contribution is 2.28. The second-order valence-electron chi connectivity index (χ2n) is 4.51. The summed E-state index contributed by atoms with van der Waals surface area (Å²) in [7, 11) is 0. The minimum absolute atomic E-state index is 0.149. The Morgan fingerprint density at radius 1 is 1.47 bits per heavy atom. The molecule has 0 radical (unpaired) electrons. The average molecular weight is 270 g/mol. The molecule has 1 amide bonds. The van der Waals surface area contributed by atoms with Gasteiger partial charge in [0.25, 0.3) is 0 Å². The molecule has 1 aromatic rings. The average Bonchev–Trinajstić information content (AvgIpc) is 2.32. The van der Waals surface area contributed by atoms with Gasteiger partial charge < -0.3 is 21.3 Å². The van der Waals surface area contributed by atoms with Crippen LogP contribution in [0.25, 0.3) is 0 Å². The van der Waals surface area contributed by atoms with Crippen LogP contribution in [-0.2, 0) is 4.79 Å². The zero-order valence-electron chi connectivity index (χ0n) is 11.0. The van der Waals surface area contributed by atoms with Crippen molar-refractivity contribution in [3.63, 3.8) is 0 Å². The summed E-state index contributed by atoms with van der Waals surface area (Å²) < 4.78 is 13.3. The van der Waals surface area contributed by atoms with E-state index < -0.39 is 18.0 Å². The molecule has 2 unspecified atom stereocenters. The largest absolute Gasteiger partial charge is 0.398 e. The molecule has 0 fully saturated rings. The van der Waals surface area contributed by atoms with Crippen LogP contribution in [0, 0.1) is 12.7 Å². The molecule has 5 nitrogen and oxygen atoms in total. The third-order valence-corrected chi connectivity index (χ3v) is 2.88. The van der Waals surface area contributed by atoms with Crippen molar-refractivity contribution in [2.24, 2.45) is 0 Å². The van der Waals surface area contributed by atoms with Crippen LogP contribution in [0.5, 0.6) is 0 Å². The number of nitrogen functional groups attached to an aromatic ring is 1. The molecular formula is C13H19FN2O3. The van der Waals surface area contributed by atoms with Gasteiger partial charge in [0.05, 0.1) is 6.10 Å². The Balaban J connectivity index is 2.76. The first kappa shape index (κ1) is 15.4. The molecule has 0 saturated heterocycles. The third kappa shape index (κ3) is 4.18. The molecule has 0 bridgehead atoms. The smallest absolute Gasteiger partial charge is 0.216 e. The standard InChI is InChI=1S/C13H19FN2O3/c1-7-5-9(14)6-10(12(7)15)13(19)11(18)3-4-16-8(2)17/h5-6,11,13,18-19H,3-4,15H2,1-2H3,(H,16,17). The molecule has 0 aromatic heterocycles. The van der Waals surface area contributed by atoms with E-state index >= 15 is 0 Å². The summed E-state index contributed by atoms with van der Waals surface area (Å²) in [5.74, 6) is -0.738. The van der Waals surface area contributed by atoms with Crippen LogP contribution in [-0.4, -0.2) is 28.8 Å². The number of hydrogen-bond acceptors (Lipinski definition) is 4. The Labute approximate surface area is 111 Å². The maximum absolute atomic E-state index is 13.3. The second kappa shape index (κ2) is 6.49. The molecular weight excluding hydrogens is 251 g/mol. The molecule has 19 heavy (non-hydrogen) atoms. The lowest BCUT2D eigenvalue weighted by Gasteiger charge is -2.20. The molecule has 6 heteroatoms. The van der Waals surface area contributed by atoms with Crippen molar-refractivity contribution in [1.29, 1.82) is 0 Å². The number of carbonyl (C=O) groups excluding carboxylic acids is 1. The number of rotatable bonds is 5. The molecule has 0 saturated carbocycles. The van der Waals surface area contributed by atoms with Crippen LogP contribution in [0.15, 0.2) is 12.1 Å². The minimum Gasteiger partial charge on any atom is -0.398 e. The molecule has 1 aromatic carbocycles. The Hall–Kier alpha value is -1.66. The molecule has 0 aliphatic heterocycles. The van der Waals surface area contributed by atoms with Gasteiger partial charge in [0, 0.05) is 24.7 Å². The van der Waals surface area contributed by atoms with Crippen molar-refractivity contribution in [1.82, 2.24) is 5.32 Å². The predicted octanol–water partition coefficient (Wildman–Crippen LogP) is 0.637. The van der Waals surface area contributed by atoms with E-state index in [4.69, 9.17) is 5.73 Å². The number of halogens is 1. The topological polar surface area (TPSA) is 95.6 Å². The molecule has 5 N–H and O–H groups in total. The number of aliphatic hydroxyl groups is 2. The van der Waals surface area contributed by atoms with Gasteiger partial charge in [0.1, 0.15) is 11.9 Å². The van der Waals surface area contributed by atoms with Gasteiger partial charge in [-0.1, -0.05) is 0 Å². The fourth-order valence-electron chi connectivity index (χ4n) is 1.79. The lowest BCUT2D eigenvalue weighted by Crippen LogP contribution is -2.28. The van der Waals surface area contributed by atoms with E-state index in [0.717, 1.165) is 6.07 Å². The van der Waals surface area contributed by atoms with Gasteiger partial charge in [-0.05, 0) is 31.0 Å². The summed E-state index contributed by atoms with van der Waals surface area (Å²) in [6, 6.07) is 2.36. The number of benzene rings is 1. The monoisotopic (exact) mass is 270 g/mol. The Morgan fingerprint density at radius 3 is 2.68 bits per heavy atom. The van der Waals surface area contributed by atoms with E-state index in [-0.39, 0.29) is 30.1 Å². The fraction of sp³-hybridized carbons (Fsp3) is 0.462. The van der Waals surface area contributed by atoms with E-state index in [2.05, 4.69) is 5.32 Å². The van der Waals surface area contributed by atoms with E-state index in [0.29, 0.717) is 5.56 Å². The quantitative estimate of drug-likeness (QED) is 0.590. The lowest BCUT2D eigenvalue weighted by atomic mass is 9.98. The summed E-state index contributed by atoms with van der Waals surface area (Å²) in [5.41, 5.74) is 6.68. The van der Waals surface area contributed by atoms with E-state index in [1.54, 1.807) is 6.92 Å². The van der Waals surface area contributed by atoms with Crippen LogP contribution in [0.3, 0.4) is 0 Å². The maximum Gasteiger partial charge on any atom is 0.216 e. The number of nitrogens with one attached hydrogen (secondary N) is 1. The molecule has 2 atom stereocenters. The highest BCUT2D eigenvalue weighted by Gasteiger charge is 2.21. The van der Waals surface area contributed by atoms with Crippen LogP contribution in [0.4, 0.5) is 10.1 Å². The number of aryl methyl sites for hydroxylation is 1. The van der Waals surface area contributed by atoms with Crippen molar-refractivity contribution in [3.05, 3.63) is 29.1 Å². The fourth-order valence-corrected chi connectivity index (χ4v) is 1.79. The molecule has 106 valence electrons. The maximum atomic E-state index is 13.3. The van der Waals surface area contributed by atoms with Crippen LogP contribution >= 0.6 is 0 Å². The van der Waals surface area contributed by atoms with Crippen LogP contribution in [0.1, 0.15) is 30.6 Å².